The average Bonchev–Trinajstić information content (AvgIpc) is 2.84. The molecule has 6 heteroatoms. The molecule has 0 saturated carbocycles. The minimum Gasteiger partial charge on any atom is -0.304 e. The Balaban J connectivity index is 2.46. The molecule has 2 rings (SSSR count). The van der Waals surface area contributed by atoms with E-state index in [1.807, 2.05) is 30.4 Å². The van der Waals surface area contributed by atoms with Crippen LogP contribution < -0.4 is 5.32 Å². The number of thiazole rings is 1. The van der Waals surface area contributed by atoms with Gasteiger partial charge in [-0.15, -0.1) is 11.3 Å². The number of nitrogens with one attached hydrogen (secondary N) is 1. The van der Waals surface area contributed by atoms with E-state index in [1.165, 1.54) is 4.88 Å². The van der Waals surface area contributed by atoms with Gasteiger partial charge in [0.1, 0.15) is 0 Å². The van der Waals surface area contributed by atoms with Crippen molar-refractivity contribution in [3.63, 3.8) is 0 Å². The van der Waals surface area contributed by atoms with Crippen LogP contribution in [0.2, 0.25) is 0 Å². The fourth-order valence-corrected chi connectivity index (χ4v) is 3.31. The van der Waals surface area contributed by atoms with Crippen LogP contribution in [0.25, 0.3) is 0 Å². The van der Waals surface area contributed by atoms with Gasteiger partial charge in [-0.2, -0.15) is 5.10 Å². The average molecular weight is 315 g/mol. The topological polar surface area (TPSA) is 42.7 Å². The normalized spacial score (nSPS) is 12.9. The number of aryl methyl sites for hydroxylation is 2. The minimum atomic E-state index is 0.148. The highest BCUT2D eigenvalue weighted by atomic mass is 79.9. The zero-order chi connectivity index (χ0) is 12.4. The van der Waals surface area contributed by atoms with E-state index in [9.17, 15) is 0 Å². The second-order valence-electron chi connectivity index (χ2n) is 3.79. The lowest BCUT2D eigenvalue weighted by atomic mass is 10.1. The molecule has 0 saturated heterocycles. The first-order valence-electron chi connectivity index (χ1n) is 5.45. The zero-order valence-electron chi connectivity index (χ0n) is 10.1. The van der Waals surface area contributed by atoms with Crippen LogP contribution in [0.5, 0.6) is 0 Å². The molecule has 4 nitrogen and oxygen atoms in total. The molecular formula is C11H15BrN4S. The molecule has 0 aliphatic heterocycles. The third-order valence-electron chi connectivity index (χ3n) is 2.66. The van der Waals surface area contributed by atoms with E-state index >= 15 is 0 Å². The van der Waals surface area contributed by atoms with Gasteiger partial charge in [-0.25, -0.2) is 4.98 Å². The van der Waals surface area contributed by atoms with Gasteiger partial charge in [0.15, 0.2) is 0 Å². The molecule has 0 spiro atoms. The van der Waals surface area contributed by atoms with Crippen molar-refractivity contribution in [2.24, 2.45) is 7.05 Å². The highest BCUT2D eigenvalue weighted by Gasteiger charge is 2.22. The summed E-state index contributed by atoms with van der Waals surface area (Å²) in [6.07, 6.45) is 1.83. The van der Waals surface area contributed by atoms with Crippen molar-refractivity contribution < 1.29 is 0 Å². The fraction of sp³-hybridized carbons (Fsp3) is 0.455. The number of nitrogens with zero attached hydrogens (tertiary/aromatic N) is 3. The number of hydrogen-bond donors (Lipinski definition) is 1. The standard InChI is InChI=1S/C11H15BrN4S/c1-4-13-9(11-7(2)14-6-17-11)10-8(12)5-15-16(10)3/h5-6,9,13H,4H2,1-3H3. The summed E-state index contributed by atoms with van der Waals surface area (Å²) in [5.41, 5.74) is 4.10. The van der Waals surface area contributed by atoms with Crippen molar-refractivity contribution in [3.05, 3.63) is 32.4 Å². The van der Waals surface area contributed by atoms with Gasteiger partial charge in [0.2, 0.25) is 0 Å². The first-order chi connectivity index (χ1) is 8.15. The number of halogens is 1. The van der Waals surface area contributed by atoms with E-state index in [1.54, 1.807) is 11.3 Å². The Kier molecular flexibility index (Phi) is 3.96. The van der Waals surface area contributed by atoms with Crippen LogP contribution >= 0.6 is 27.3 Å². The first kappa shape index (κ1) is 12.7. The Morgan fingerprint density at radius 2 is 2.35 bits per heavy atom. The summed E-state index contributed by atoms with van der Waals surface area (Å²) in [6, 6.07) is 0.148. The Morgan fingerprint density at radius 3 is 2.82 bits per heavy atom. The number of hydrogen-bond acceptors (Lipinski definition) is 4. The highest BCUT2D eigenvalue weighted by Crippen LogP contribution is 2.31. The Morgan fingerprint density at radius 1 is 1.59 bits per heavy atom. The smallest absolute Gasteiger partial charge is 0.0872 e. The molecule has 2 aromatic heterocycles. The van der Waals surface area contributed by atoms with E-state index in [-0.39, 0.29) is 6.04 Å². The lowest BCUT2D eigenvalue weighted by Gasteiger charge is -2.18. The van der Waals surface area contributed by atoms with Crippen molar-refractivity contribution in [2.45, 2.75) is 19.9 Å². The molecule has 0 aliphatic carbocycles. The van der Waals surface area contributed by atoms with E-state index in [0.717, 1.165) is 22.4 Å². The second-order valence-corrected chi connectivity index (χ2v) is 5.53. The van der Waals surface area contributed by atoms with Gasteiger partial charge in [0.05, 0.1) is 38.5 Å². The van der Waals surface area contributed by atoms with Gasteiger partial charge in [-0.1, -0.05) is 6.92 Å². The van der Waals surface area contributed by atoms with Crippen LogP contribution in [0.3, 0.4) is 0 Å². The van der Waals surface area contributed by atoms with Crippen molar-refractivity contribution in [3.8, 4) is 0 Å². The van der Waals surface area contributed by atoms with E-state index in [2.05, 4.69) is 38.3 Å². The van der Waals surface area contributed by atoms with Crippen LogP contribution in [0.4, 0.5) is 0 Å². The molecule has 1 unspecified atom stereocenters. The summed E-state index contributed by atoms with van der Waals surface area (Å²) in [5.74, 6) is 0. The van der Waals surface area contributed by atoms with Crippen LogP contribution in [0, 0.1) is 6.92 Å². The molecule has 0 bridgehead atoms. The van der Waals surface area contributed by atoms with E-state index in [4.69, 9.17) is 0 Å². The van der Waals surface area contributed by atoms with Crippen LogP contribution in [0.1, 0.15) is 29.2 Å². The number of rotatable bonds is 4. The zero-order valence-corrected chi connectivity index (χ0v) is 12.5. The first-order valence-corrected chi connectivity index (χ1v) is 7.13. The Bertz CT molecular complexity index is 486. The van der Waals surface area contributed by atoms with Gasteiger partial charge >= 0.3 is 0 Å². The maximum atomic E-state index is 4.32. The summed E-state index contributed by atoms with van der Waals surface area (Å²) in [6.45, 7) is 5.05. The lowest BCUT2D eigenvalue weighted by Crippen LogP contribution is -2.24. The molecule has 0 radical (unpaired) electrons. The molecule has 0 fully saturated rings. The third kappa shape index (κ3) is 2.43. The molecule has 1 N–H and O–H groups in total. The predicted molar refractivity (Wildman–Crippen MR) is 73.3 cm³/mol. The largest absolute Gasteiger partial charge is 0.304 e. The molecule has 0 aromatic carbocycles. The van der Waals surface area contributed by atoms with Crippen LogP contribution in [-0.2, 0) is 7.05 Å². The Labute approximate surface area is 113 Å². The summed E-state index contributed by atoms with van der Waals surface area (Å²) in [7, 11) is 1.96. The maximum Gasteiger partial charge on any atom is 0.0872 e. The fourth-order valence-electron chi connectivity index (χ4n) is 1.85. The summed E-state index contributed by atoms with van der Waals surface area (Å²) in [5, 5.41) is 7.76. The van der Waals surface area contributed by atoms with Gasteiger partial charge in [-0.05, 0) is 29.4 Å². The number of aromatic nitrogens is 3. The van der Waals surface area contributed by atoms with E-state index < -0.39 is 0 Å². The summed E-state index contributed by atoms with van der Waals surface area (Å²) >= 11 is 5.24. The predicted octanol–water partition coefficient (Wildman–Crippen LogP) is 2.65. The van der Waals surface area contributed by atoms with Crippen molar-refractivity contribution in [2.75, 3.05) is 6.54 Å². The van der Waals surface area contributed by atoms with E-state index in [0.29, 0.717) is 0 Å². The molecule has 2 aromatic rings. The van der Waals surface area contributed by atoms with Crippen LogP contribution in [0.15, 0.2) is 16.2 Å². The molecule has 0 amide bonds. The summed E-state index contributed by atoms with van der Waals surface area (Å²) in [4.78, 5) is 5.57. The van der Waals surface area contributed by atoms with Gasteiger partial charge in [0.25, 0.3) is 0 Å². The lowest BCUT2D eigenvalue weighted by molar-refractivity contribution is 0.574. The van der Waals surface area contributed by atoms with Gasteiger partial charge in [0, 0.05) is 7.05 Å². The quantitative estimate of drug-likeness (QED) is 0.943. The van der Waals surface area contributed by atoms with Gasteiger partial charge in [-0.3, -0.25) is 4.68 Å². The van der Waals surface area contributed by atoms with Crippen LogP contribution in [-0.4, -0.2) is 21.3 Å². The molecule has 1 atom stereocenters. The molecule has 0 aliphatic rings. The molecule has 17 heavy (non-hydrogen) atoms. The SMILES string of the molecule is CCNC(c1scnc1C)c1c(Br)cnn1C. The Hall–Kier alpha value is -0.720. The molecular weight excluding hydrogens is 300 g/mol. The van der Waals surface area contributed by atoms with Crippen molar-refractivity contribution in [1.29, 1.82) is 0 Å². The molecule has 92 valence electrons. The third-order valence-corrected chi connectivity index (χ3v) is 4.27. The minimum absolute atomic E-state index is 0.148. The maximum absolute atomic E-state index is 4.32. The van der Waals surface area contributed by atoms with Gasteiger partial charge < -0.3 is 5.32 Å². The van der Waals surface area contributed by atoms with Crippen molar-refractivity contribution in [1.82, 2.24) is 20.1 Å². The second kappa shape index (κ2) is 5.29. The summed E-state index contributed by atoms with van der Waals surface area (Å²) < 4.78 is 2.93. The van der Waals surface area contributed by atoms with Crippen molar-refractivity contribution >= 4 is 27.3 Å². The highest BCUT2D eigenvalue weighted by molar-refractivity contribution is 9.10. The monoisotopic (exact) mass is 314 g/mol. The molecule has 2 heterocycles.